The number of aromatic amines is 2. The first-order valence-corrected chi connectivity index (χ1v) is 12.1. The zero-order valence-electron chi connectivity index (χ0n) is 18.2. The summed E-state index contributed by atoms with van der Waals surface area (Å²) in [6.07, 6.45) is 12.7. The summed E-state index contributed by atoms with van der Waals surface area (Å²) in [6, 6.07) is 3.50. The van der Waals surface area contributed by atoms with Crippen LogP contribution < -0.4 is 10.6 Å². The van der Waals surface area contributed by atoms with E-state index in [0.29, 0.717) is 11.7 Å². The van der Waals surface area contributed by atoms with Gasteiger partial charge in [0, 0.05) is 36.3 Å². The lowest BCUT2D eigenvalue weighted by Gasteiger charge is -2.25. The molecule has 4 heterocycles. The smallest absolute Gasteiger partial charge is 0.325 e. The quantitative estimate of drug-likeness (QED) is 0.278. The minimum Gasteiger partial charge on any atom is -0.393 e. The number of fused-ring (bicyclic) bond motifs is 1. The average Bonchev–Trinajstić information content (AvgIpc) is 3.53. The summed E-state index contributed by atoms with van der Waals surface area (Å²) in [6.45, 7) is 0. The van der Waals surface area contributed by atoms with Gasteiger partial charge < -0.3 is 15.1 Å². The molecule has 1 saturated carbocycles. The molecule has 0 aliphatic heterocycles. The van der Waals surface area contributed by atoms with Crippen LogP contribution >= 0.6 is 11.3 Å². The molecule has 9 nitrogen and oxygen atoms in total. The van der Waals surface area contributed by atoms with Gasteiger partial charge in [-0.3, -0.25) is 10.6 Å². The van der Waals surface area contributed by atoms with E-state index in [1.807, 2.05) is 6.20 Å². The van der Waals surface area contributed by atoms with Crippen LogP contribution in [0.25, 0.3) is 10.2 Å². The number of aliphatic hydroxyl groups is 1. The van der Waals surface area contributed by atoms with Crippen LogP contribution in [0.4, 0.5) is 15.6 Å². The second-order valence-electron chi connectivity index (χ2n) is 8.53. The van der Waals surface area contributed by atoms with Crippen LogP contribution in [-0.2, 0) is 19.3 Å². The van der Waals surface area contributed by atoms with Crippen LogP contribution in [-0.4, -0.2) is 42.2 Å². The lowest BCUT2D eigenvalue weighted by atomic mass is 9.83. The van der Waals surface area contributed by atoms with E-state index in [0.717, 1.165) is 77.2 Å². The monoisotopic (exact) mass is 465 g/mol. The molecule has 0 aromatic carbocycles. The van der Waals surface area contributed by atoms with Crippen LogP contribution in [0.2, 0.25) is 0 Å². The second kappa shape index (κ2) is 9.72. The van der Waals surface area contributed by atoms with Crippen molar-refractivity contribution in [2.24, 2.45) is 5.92 Å². The number of aliphatic hydroxyl groups excluding tert-OH is 1. The second-order valence-corrected chi connectivity index (χ2v) is 9.58. The number of aryl methyl sites for hydroxylation is 2. The summed E-state index contributed by atoms with van der Waals surface area (Å²) in [5.74, 6) is 1.91. The van der Waals surface area contributed by atoms with Crippen molar-refractivity contribution in [3.05, 3.63) is 54.1 Å². The summed E-state index contributed by atoms with van der Waals surface area (Å²) in [5, 5.41) is 16.5. The van der Waals surface area contributed by atoms with E-state index in [2.05, 4.69) is 41.6 Å². The number of nitrogens with zero attached hydrogens (tertiary/aromatic N) is 3. The molecule has 0 atom stereocenters. The number of urea groups is 1. The maximum absolute atomic E-state index is 12.6. The number of H-pyrrole nitrogens is 2. The molecule has 0 bridgehead atoms. The molecular formula is C23H27N7O2S. The predicted molar refractivity (Wildman–Crippen MR) is 129 cm³/mol. The zero-order chi connectivity index (χ0) is 22.6. The fraction of sp³-hybridized carbons (Fsp3) is 0.391. The number of carbonyl (C=O) groups is 1. The van der Waals surface area contributed by atoms with Crippen molar-refractivity contribution in [3.8, 4) is 0 Å². The SMILES string of the molecule is O=C(Nc1ccncn1)Nc1sc2cc(CCc3ncc[nH]3)[nH]c2c1CC1CCC(O)CC1. The molecule has 2 amide bonds. The molecule has 0 spiro atoms. The Morgan fingerprint density at radius 1 is 1.15 bits per heavy atom. The first-order chi connectivity index (χ1) is 16.1. The molecule has 33 heavy (non-hydrogen) atoms. The van der Waals surface area contributed by atoms with Gasteiger partial charge in [0.25, 0.3) is 0 Å². The number of thiophene rings is 1. The Labute approximate surface area is 195 Å². The molecule has 0 radical (unpaired) electrons. The van der Waals surface area contributed by atoms with Crippen LogP contribution in [0.3, 0.4) is 0 Å². The molecule has 4 aromatic rings. The Kier molecular flexibility index (Phi) is 6.36. The third-order valence-electron chi connectivity index (χ3n) is 6.17. The van der Waals surface area contributed by atoms with E-state index in [9.17, 15) is 9.90 Å². The molecule has 1 fully saturated rings. The highest BCUT2D eigenvalue weighted by Gasteiger charge is 2.24. The molecule has 10 heteroatoms. The highest BCUT2D eigenvalue weighted by molar-refractivity contribution is 7.23. The lowest BCUT2D eigenvalue weighted by molar-refractivity contribution is 0.109. The van der Waals surface area contributed by atoms with Crippen molar-refractivity contribution in [2.75, 3.05) is 10.6 Å². The summed E-state index contributed by atoms with van der Waals surface area (Å²) >= 11 is 1.59. The first kappa shape index (κ1) is 21.6. The molecular weight excluding hydrogens is 438 g/mol. The van der Waals surface area contributed by atoms with Crippen molar-refractivity contribution in [2.45, 2.75) is 51.0 Å². The number of hydrogen-bond donors (Lipinski definition) is 5. The van der Waals surface area contributed by atoms with E-state index in [1.54, 1.807) is 29.8 Å². The fourth-order valence-corrected chi connectivity index (χ4v) is 5.60. The Morgan fingerprint density at radius 2 is 2.03 bits per heavy atom. The number of imidazole rings is 1. The number of hydrogen-bond acceptors (Lipinski definition) is 6. The maximum Gasteiger partial charge on any atom is 0.325 e. The van der Waals surface area contributed by atoms with E-state index in [4.69, 9.17) is 0 Å². The van der Waals surface area contributed by atoms with Crippen LogP contribution in [0, 0.1) is 5.92 Å². The van der Waals surface area contributed by atoms with E-state index >= 15 is 0 Å². The van der Waals surface area contributed by atoms with Gasteiger partial charge in [0.15, 0.2) is 0 Å². The zero-order valence-corrected chi connectivity index (χ0v) is 19.0. The van der Waals surface area contributed by atoms with Crippen molar-refractivity contribution in [1.29, 1.82) is 0 Å². The van der Waals surface area contributed by atoms with Crippen molar-refractivity contribution < 1.29 is 9.90 Å². The number of carbonyl (C=O) groups excluding carboxylic acids is 1. The largest absolute Gasteiger partial charge is 0.393 e. The molecule has 0 unspecified atom stereocenters. The van der Waals surface area contributed by atoms with Crippen molar-refractivity contribution in [1.82, 2.24) is 24.9 Å². The molecule has 172 valence electrons. The van der Waals surface area contributed by atoms with Crippen molar-refractivity contribution in [3.63, 3.8) is 0 Å². The highest BCUT2D eigenvalue weighted by atomic mass is 32.1. The molecule has 1 aliphatic rings. The normalized spacial score (nSPS) is 18.5. The Bertz CT molecular complexity index is 1190. The number of nitrogens with one attached hydrogen (secondary N) is 4. The van der Waals surface area contributed by atoms with Gasteiger partial charge in [-0.2, -0.15) is 0 Å². The number of amides is 2. The van der Waals surface area contributed by atoms with E-state index < -0.39 is 0 Å². The summed E-state index contributed by atoms with van der Waals surface area (Å²) in [4.78, 5) is 31.6. The molecule has 5 rings (SSSR count). The average molecular weight is 466 g/mol. The summed E-state index contributed by atoms with van der Waals surface area (Å²) in [7, 11) is 0. The standard InChI is InChI=1S/C23H27N7O2S/c31-16-4-1-14(2-5-16)11-17-21-18(12-15(28-21)3-6-19-25-9-10-26-19)33-22(17)30-23(32)29-20-7-8-24-13-27-20/h7-10,12-14,16,28,31H,1-6,11H2,(H,25,26)(H2,24,27,29,30,32). The minimum atomic E-state index is -0.323. The Hall–Kier alpha value is -3.24. The fourth-order valence-electron chi connectivity index (χ4n) is 4.45. The van der Waals surface area contributed by atoms with Crippen molar-refractivity contribution >= 4 is 38.4 Å². The predicted octanol–water partition coefficient (Wildman–Crippen LogP) is 4.27. The van der Waals surface area contributed by atoms with E-state index in [1.165, 1.54) is 6.33 Å². The molecule has 1 aliphatic carbocycles. The number of anilines is 2. The van der Waals surface area contributed by atoms with Crippen LogP contribution in [0.1, 0.15) is 42.8 Å². The minimum absolute atomic E-state index is 0.182. The summed E-state index contributed by atoms with van der Waals surface area (Å²) < 4.78 is 1.13. The molecule has 5 N–H and O–H groups in total. The third-order valence-corrected chi connectivity index (χ3v) is 7.27. The van der Waals surface area contributed by atoms with Gasteiger partial charge in [-0.25, -0.2) is 19.7 Å². The third kappa shape index (κ3) is 5.23. The highest BCUT2D eigenvalue weighted by Crippen LogP contribution is 2.40. The van der Waals surface area contributed by atoms with Crippen LogP contribution in [0.5, 0.6) is 0 Å². The lowest BCUT2D eigenvalue weighted by Crippen LogP contribution is -2.22. The van der Waals surface area contributed by atoms with Gasteiger partial charge in [0.05, 0.1) is 16.3 Å². The summed E-state index contributed by atoms with van der Waals surface area (Å²) in [5.41, 5.74) is 3.39. The van der Waals surface area contributed by atoms with Crippen LogP contribution in [0.15, 0.2) is 37.1 Å². The van der Waals surface area contributed by atoms with Gasteiger partial charge in [0.1, 0.15) is 23.0 Å². The molecule has 0 saturated heterocycles. The van der Waals surface area contributed by atoms with E-state index in [-0.39, 0.29) is 12.1 Å². The first-order valence-electron chi connectivity index (χ1n) is 11.3. The maximum atomic E-state index is 12.6. The topological polar surface area (TPSA) is 132 Å². The number of aromatic nitrogens is 5. The molecule has 4 aromatic heterocycles. The van der Waals surface area contributed by atoms with Gasteiger partial charge in [-0.05, 0) is 56.6 Å². The van der Waals surface area contributed by atoms with Gasteiger partial charge in [0.2, 0.25) is 0 Å². The Morgan fingerprint density at radius 3 is 2.79 bits per heavy atom. The van der Waals surface area contributed by atoms with Gasteiger partial charge >= 0.3 is 6.03 Å². The van der Waals surface area contributed by atoms with Gasteiger partial charge in [-0.1, -0.05) is 0 Å². The number of rotatable bonds is 7. The van der Waals surface area contributed by atoms with Gasteiger partial charge in [-0.15, -0.1) is 11.3 Å². The Balaban J connectivity index is 1.36.